The Balaban J connectivity index is 1.36. The second-order valence-electron chi connectivity index (χ2n) is 5.46. The fourth-order valence-electron chi connectivity index (χ4n) is 2.45. The highest BCUT2D eigenvalue weighted by Crippen LogP contribution is 2.34. The second-order valence-corrected chi connectivity index (χ2v) is 5.46. The van der Waals surface area contributed by atoms with Crippen molar-refractivity contribution < 1.29 is 18.7 Å². The molecular weight excluding hydrogens is 311 g/mol. The van der Waals surface area contributed by atoms with Crippen LogP contribution in [0.3, 0.4) is 0 Å². The lowest BCUT2D eigenvalue weighted by atomic mass is 10.1. The molecule has 24 heavy (non-hydrogen) atoms. The smallest absolute Gasteiger partial charge is 0.231 e. The summed E-state index contributed by atoms with van der Waals surface area (Å²) >= 11 is 0. The Morgan fingerprint density at radius 2 is 1.92 bits per heavy atom. The van der Waals surface area contributed by atoms with Crippen molar-refractivity contribution in [2.45, 2.75) is 12.8 Å². The van der Waals surface area contributed by atoms with Gasteiger partial charge in [-0.15, -0.1) is 0 Å². The van der Waals surface area contributed by atoms with Crippen molar-refractivity contribution in [1.29, 1.82) is 0 Å². The lowest BCUT2D eigenvalue weighted by molar-refractivity contribution is -0.116. The van der Waals surface area contributed by atoms with E-state index in [1.165, 1.54) is 6.07 Å². The van der Waals surface area contributed by atoms with E-state index in [0.717, 1.165) is 0 Å². The summed E-state index contributed by atoms with van der Waals surface area (Å²) < 4.78 is 23.9. The van der Waals surface area contributed by atoms with Crippen LogP contribution in [0.4, 0.5) is 10.1 Å². The first kappa shape index (κ1) is 16.3. The molecule has 1 heterocycles. The summed E-state index contributed by atoms with van der Waals surface area (Å²) in [5.41, 5.74) is 1.35. The van der Waals surface area contributed by atoms with Crippen molar-refractivity contribution in [3.05, 3.63) is 53.8 Å². The zero-order chi connectivity index (χ0) is 16.8. The highest BCUT2D eigenvalue weighted by molar-refractivity contribution is 5.91. The summed E-state index contributed by atoms with van der Waals surface area (Å²) in [4.78, 5) is 11.9. The lowest BCUT2D eigenvalue weighted by Gasteiger charge is -2.08. The first-order valence-corrected chi connectivity index (χ1v) is 7.86. The van der Waals surface area contributed by atoms with Crippen LogP contribution in [0.5, 0.6) is 11.5 Å². The Kier molecular flexibility index (Phi) is 5.28. The van der Waals surface area contributed by atoms with E-state index < -0.39 is 0 Å². The third-order valence-electron chi connectivity index (χ3n) is 3.71. The zero-order valence-corrected chi connectivity index (χ0v) is 13.2. The Bertz CT molecular complexity index is 721. The van der Waals surface area contributed by atoms with Crippen LogP contribution in [0.25, 0.3) is 0 Å². The lowest BCUT2D eigenvalue weighted by Crippen LogP contribution is -2.23. The number of carbonyl (C=O) groups excluding carboxylic acids is 1. The molecule has 0 bridgehead atoms. The largest absolute Gasteiger partial charge is 0.454 e. The van der Waals surface area contributed by atoms with Gasteiger partial charge in [0.25, 0.3) is 0 Å². The van der Waals surface area contributed by atoms with E-state index in [1.54, 1.807) is 30.3 Å². The highest BCUT2D eigenvalue weighted by atomic mass is 19.1. The van der Waals surface area contributed by atoms with Crippen LogP contribution in [-0.2, 0) is 11.2 Å². The Morgan fingerprint density at radius 1 is 1.08 bits per heavy atom. The standard InChI is InChI=1S/C18H19FN2O3/c19-15-4-2-1-3-13(15)7-9-20-10-8-18(22)21-14-5-6-16-17(11-14)24-12-23-16/h1-6,11,20H,7-10,12H2,(H,21,22). The van der Waals surface area contributed by atoms with Gasteiger partial charge in [0.05, 0.1) is 0 Å². The number of hydrogen-bond acceptors (Lipinski definition) is 4. The quantitative estimate of drug-likeness (QED) is 0.767. The molecule has 5 nitrogen and oxygen atoms in total. The average molecular weight is 330 g/mol. The SMILES string of the molecule is O=C(CCNCCc1ccccc1F)Nc1ccc2c(c1)OCO2. The van der Waals surface area contributed by atoms with Gasteiger partial charge in [-0.3, -0.25) is 4.79 Å². The maximum absolute atomic E-state index is 13.5. The summed E-state index contributed by atoms with van der Waals surface area (Å²) in [6.45, 7) is 1.36. The summed E-state index contributed by atoms with van der Waals surface area (Å²) in [7, 11) is 0. The molecule has 0 radical (unpaired) electrons. The molecule has 0 spiro atoms. The first-order chi connectivity index (χ1) is 11.7. The molecular formula is C18H19FN2O3. The normalized spacial score (nSPS) is 12.2. The van der Waals surface area contributed by atoms with Gasteiger partial charge in [-0.05, 0) is 36.7 Å². The number of benzene rings is 2. The molecule has 0 atom stereocenters. The summed E-state index contributed by atoms with van der Waals surface area (Å²) in [5, 5.41) is 5.96. The predicted molar refractivity (Wildman–Crippen MR) is 88.8 cm³/mol. The van der Waals surface area contributed by atoms with E-state index in [9.17, 15) is 9.18 Å². The zero-order valence-electron chi connectivity index (χ0n) is 13.2. The Morgan fingerprint density at radius 3 is 2.79 bits per heavy atom. The number of nitrogens with one attached hydrogen (secondary N) is 2. The van der Waals surface area contributed by atoms with Gasteiger partial charge in [0, 0.05) is 24.7 Å². The van der Waals surface area contributed by atoms with Gasteiger partial charge < -0.3 is 20.1 Å². The van der Waals surface area contributed by atoms with Crippen LogP contribution in [-0.4, -0.2) is 25.8 Å². The number of ether oxygens (including phenoxy) is 2. The summed E-state index contributed by atoms with van der Waals surface area (Å²) in [6.07, 6.45) is 0.933. The third-order valence-corrected chi connectivity index (χ3v) is 3.71. The molecule has 2 N–H and O–H groups in total. The number of anilines is 1. The Labute approximate surface area is 139 Å². The third kappa shape index (κ3) is 4.23. The average Bonchev–Trinajstić information content (AvgIpc) is 3.04. The highest BCUT2D eigenvalue weighted by Gasteiger charge is 2.14. The molecule has 0 aromatic heterocycles. The van der Waals surface area contributed by atoms with Crippen molar-refractivity contribution in [3.63, 3.8) is 0 Å². The topological polar surface area (TPSA) is 59.6 Å². The van der Waals surface area contributed by atoms with Gasteiger partial charge in [-0.1, -0.05) is 18.2 Å². The molecule has 0 unspecified atom stereocenters. The number of fused-ring (bicyclic) bond motifs is 1. The Hall–Kier alpha value is -2.60. The molecule has 3 rings (SSSR count). The summed E-state index contributed by atoms with van der Waals surface area (Å²) in [6, 6.07) is 12.0. The summed E-state index contributed by atoms with van der Waals surface area (Å²) in [5.74, 6) is 1.03. The fraction of sp³-hybridized carbons (Fsp3) is 0.278. The first-order valence-electron chi connectivity index (χ1n) is 7.86. The van der Waals surface area contributed by atoms with E-state index in [-0.39, 0.29) is 18.5 Å². The minimum atomic E-state index is -0.195. The van der Waals surface area contributed by atoms with E-state index >= 15 is 0 Å². The number of rotatable bonds is 7. The van der Waals surface area contributed by atoms with Crippen LogP contribution in [0.2, 0.25) is 0 Å². The van der Waals surface area contributed by atoms with Crippen LogP contribution in [0.15, 0.2) is 42.5 Å². The molecule has 1 aliphatic heterocycles. The van der Waals surface area contributed by atoms with Gasteiger partial charge in [0.1, 0.15) is 5.82 Å². The molecule has 0 saturated heterocycles. The predicted octanol–water partition coefficient (Wildman–Crippen LogP) is 2.72. The molecule has 2 aromatic rings. The molecule has 6 heteroatoms. The minimum Gasteiger partial charge on any atom is -0.454 e. The number of halogens is 1. The van der Waals surface area contributed by atoms with Gasteiger partial charge in [0.2, 0.25) is 12.7 Å². The van der Waals surface area contributed by atoms with Gasteiger partial charge in [-0.2, -0.15) is 0 Å². The van der Waals surface area contributed by atoms with Gasteiger partial charge >= 0.3 is 0 Å². The van der Waals surface area contributed by atoms with Gasteiger partial charge in [0.15, 0.2) is 11.5 Å². The number of amides is 1. The van der Waals surface area contributed by atoms with Crippen molar-refractivity contribution >= 4 is 11.6 Å². The maximum atomic E-state index is 13.5. The maximum Gasteiger partial charge on any atom is 0.231 e. The molecule has 1 aliphatic rings. The minimum absolute atomic E-state index is 0.0905. The fourth-order valence-corrected chi connectivity index (χ4v) is 2.45. The number of carbonyl (C=O) groups is 1. The molecule has 0 fully saturated rings. The van der Waals surface area contributed by atoms with Crippen LogP contribution < -0.4 is 20.1 Å². The molecule has 2 aromatic carbocycles. The van der Waals surface area contributed by atoms with Crippen molar-refractivity contribution in [3.8, 4) is 11.5 Å². The number of hydrogen-bond donors (Lipinski definition) is 2. The van der Waals surface area contributed by atoms with E-state index in [0.29, 0.717) is 48.7 Å². The van der Waals surface area contributed by atoms with E-state index in [1.807, 2.05) is 6.07 Å². The molecule has 1 amide bonds. The van der Waals surface area contributed by atoms with Crippen LogP contribution in [0.1, 0.15) is 12.0 Å². The molecule has 126 valence electrons. The van der Waals surface area contributed by atoms with E-state index in [4.69, 9.17) is 9.47 Å². The van der Waals surface area contributed by atoms with Gasteiger partial charge in [-0.25, -0.2) is 4.39 Å². The molecule has 0 aliphatic carbocycles. The van der Waals surface area contributed by atoms with Crippen LogP contribution >= 0.6 is 0 Å². The second kappa shape index (κ2) is 7.79. The monoisotopic (exact) mass is 330 g/mol. The van der Waals surface area contributed by atoms with Crippen molar-refractivity contribution in [1.82, 2.24) is 5.32 Å². The van der Waals surface area contributed by atoms with Crippen molar-refractivity contribution in [2.24, 2.45) is 0 Å². The van der Waals surface area contributed by atoms with Crippen LogP contribution in [0, 0.1) is 5.82 Å². The molecule has 0 saturated carbocycles. The van der Waals surface area contributed by atoms with E-state index in [2.05, 4.69) is 10.6 Å². The van der Waals surface area contributed by atoms with Crippen molar-refractivity contribution in [2.75, 3.05) is 25.2 Å².